The van der Waals surface area contributed by atoms with E-state index in [9.17, 15) is 14.4 Å². The molecule has 2 aromatic carbocycles. The van der Waals surface area contributed by atoms with Crippen molar-refractivity contribution in [1.29, 1.82) is 0 Å². The first kappa shape index (κ1) is 25.5. The van der Waals surface area contributed by atoms with Gasteiger partial charge in [-0.25, -0.2) is 4.79 Å². The standard InChI is InChI=1S/C25H30N2O6/c1-7-14-31-21-19(12-13-20(26-15-28)22(21)32-16(2)3)23(29)27-18-10-8-17(9-11-18)24(30)33-25(4,5)6/h7-13,15-16H,1,14H2,2-6H3,(H,26,28)(H,27,29). The second-order valence-electron chi connectivity index (χ2n) is 8.38. The van der Waals surface area contributed by atoms with Crippen LogP contribution in [0.4, 0.5) is 11.4 Å². The Balaban J connectivity index is 2.33. The number of esters is 1. The fourth-order valence-corrected chi connectivity index (χ4v) is 2.78. The van der Waals surface area contributed by atoms with Crippen molar-refractivity contribution in [2.24, 2.45) is 0 Å². The minimum Gasteiger partial charge on any atom is -0.485 e. The third-order valence-corrected chi connectivity index (χ3v) is 4.05. The molecule has 2 rings (SSSR count). The van der Waals surface area contributed by atoms with Gasteiger partial charge in [-0.05, 0) is 71.0 Å². The van der Waals surface area contributed by atoms with E-state index in [1.807, 2.05) is 13.8 Å². The molecule has 0 aliphatic rings. The van der Waals surface area contributed by atoms with Crippen LogP contribution < -0.4 is 20.1 Å². The maximum atomic E-state index is 13.1. The number of carbonyl (C=O) groups is 3. The fraction of sp³-hybridized carbons (Fsp3) is 0.320. The van der Waals surface area contributed by atoms with Crippen LogP contribution in [0.25, 0.3) is 0 Å². The summed E-state index contributed by atoms with van der Waals surface area (Å²) in [6, 6.07) is 9.45. The van der Waals surface area contributed by atoms with Gasteiger partial charge in [-0.3, -0.25) is 9.59 Å². The van der Waals surface area contributed by atoms with E-state index in [1.54, 1.807) is 51.1 Å². The SMILES string of the molecule is C=CCOc1c(C(=O)Nc2ccc(C(=O)OC(C)(C)C)cc2)ccc(NC=O)c1OC(C)C. The Bertz CT molecular complexity index is 1010. The zero-order valence-electron chi connectivity index (χ0n) is 19.6. The molecule has 0 spiro atoms. The minimum atomic E-state index is -0.605. The van der Waals surface area contributed by atoms with Crippen molar-refractivity contribution < 1.29 is 28.6 Å². The van der Waals surface area contributed by atoms with Crippen LogP contribution >= 0.6 is 0 Å². The van der Waals surface area contributed by atoms with Gasteiger partial charge in [-0.1, -0.05) is 12.7 Å². The average Bonchev–Trinajstić information content (AvgIpc) is 2.72. The van der Waals surface area contributed by atoms with E-state index in [4.69, 9.17) is 14.2 Å². The van der Waals surface area contributed by atoms with Crippen molar-refractivity contribution in [2.45, 2.75) is 46.3 Å². The predicted octanol–water partition coefficient (Wildman–Crippen LogP) is 4.81. The van der Waals surface area contributed by atoms with E-state index in [1.165, 1.54) is 12.1 Å². The average molecular weight is 455 g/mol. The summed E-state index contributed by atoms with van der Waals surface area (Å²) >= 11 is 0. The van der Waals surface area contributed by atoms with Gasteiger partial charge in [0.15, 0.2) is 11.5 Å². The normalized spacial score (nSPS) is 10.8. The molecule has 2 amide bonds. The molecular weight excluding hydrogens is 424 g/mol. The molecule has 2 aromatic rings. The van der Waals surface area contributed by atoms with E-state index in [2.05, 4.69) is 17.2 Å². The number of anilines is 2. The molecule has 0 aliphatic carbocycles. The lowest BCUT2D eigenvalue weighted by molar-refractivity contribution is -0.105. The predicted molar refractivity (Wildman–Crippen MR) is 127 cm³/mol. The molecule has 0 atom stereocenters. The fourth-order valence-electron chi connectivity index (χ4n) is 2.78. The van der Waals surface area contributed by atoms with Gasteiger partial charge >= 0.3 is 5.97 Å². The summed E-state index contributed by atoms with van der Waals surface area (Å²) in [5, 5.41) is 5.34. The number of hydrogen-bond donors (Lipinski definition) is 2. The summed E-state index contributed by atoms with van der Waals surface area (Å²) < 4.78 is 16.9. The van der Waals surface area contributed by atoms with Crippen LogP contribution in [-0.2, 0) is 9.53 Å². The van der Waals surface area contributed by atoms with Crippen LogP contribution in [0.1, 0.15) is 55.3 Å². The summed E-state index contributed by atoms with van der Waals surface area (Å²) in [5.41, 5.74) is 0.821. The number of ether oxygens (including phenoxy) is 3. The first-order chi connectivity index (χ1) is 15.6. The first-order valence-corrected chi connectivity index (χ1v) is 10.5. The summed E-state index contributed by atoms with van der Waals surface area (Å²) in [7, 11) is 0. The highest BCUT2D eigenvalue weighted by Crippen LogP contribution is 2.39. The first-order valence-electron chi connectivity index (χ1n) is 10.5. The van der Waals surface area contributed by atoms with Gasteiger partial charge in [0.05, 0.1) is 22.9 Å². The molecule has 0 radical (unpaired) electrons. The Morgan fingerprint density at radius 1 is 1.06 bits per heavy atom. The Morgan fingerprint density at radius 2 is 1.73 bits per heavy atom. The number of hydrogen-bond acceptors (Lipinski definition) is 6. The minimum absolute atomic E-state index is 0.129. The third kappa shape index (κ3) is 7.38. The highest BCUT2D eigenvalue weighted by molar-refractivity contribution is 6.07. The van der Waals surface area contributed by atoms with Gasteiger partial charge in [0.2, 0.25) is 6.41 Å². The Hall–Kier alpha value is -3.81. The topological polar surface area (TPSA) is 103 Å². The molecule has 0 saturated heterocycles. The number of benzene rings is 2. The lowest BCUT2D eigenvalue weighted by atomic mass is 10.1. The lowest BCUT2D eigenvalue weighted by Gasteiger charge is -2.20. The van der Waals surface area contributed by atoms with Crippen molar-refractivity contribution in [3.8, 4) is 11.5 Å². The van der Waals surface area contributed by atoms with E-state index in [0.29, 0.717) is 23.3 Å². The second kappa shape index (κ2) is 11.2. The maximum absolute atomic E-state index is 13.1. The maximum Gasteiger partial charge on any atom is 0.338 e. The van der Waals surface area contributed by atoms with Crippen molar-refractivity contribution in [2.75, 3.05) is 17.2 Å². The second-order valence-corrected chi connectivity index (χ2v) is 8.38. The van der Waals surface area contributed by atoms with Gasteiger partial charge in [0, 0.05) is 5.69 Å². The molecule has 0 aliphatic heterocycles. The van der Waals surface area contributed by atoms with Crippen molar-refractivity contribution in [3.05, 3.63) is 60.2 Å². The molecule has 0 bridgehead atoms. The van der Waals surface area contributed by atoms with E-state index in [0.717, 1.165) is 0 Å². The quantitative estimate of drug-likeness (QED) is 0.303. The molecule has 2 N–H and O–H groups in total. The van der Waals surface area contributed by atoms with Crippen LogP contribution in [0.3, 0.4) is 0 Å². The highest BCUT2D eigenvalue weighted by Gasteiger charge is 2.23. The number of carbonyl (C=O) groups excluding carboxylic acids is 3. The number of amides is 2. The zero-order chi connectivity index (χ0) is 24.6. The van der Waals surface area contributed by atoms with Gasteiger partial charge in [-0.2, -0.15) is 0 Å². The largest absolute Gasteiger partial charge is 0.485 e. The molecule has 0 aromatic heterocycles. The van der Waals surface area contributed by atoms with Gasteiger partial charge < -0.3 is 24.8 Å². The van der Waals surface area contributed by atoms with Crippen LogP contribution in [0, 0.1) is 0 Å². The summed E-state index contributed by atoms with van der Waals surface area (Å²) in [4.78, 5) is 36.3. The zero-order valence-corrected chi connectivity index (χ0v) is 19.6. The molecule has 8 heteroatoms. The van der Waals surface area contributed by atoms with Crippen LogP contribution in [0.2, 0.25) is 0 Å². The van der Waals surface area contributed by atoms with Gasteiger partial charge in [0.1, 0.15) is 12.2 Å². The lowest BCUT2D eigenvalue weighted by Crippen LogP contribution is -2.23. The van der Waals surface area contributed by atoms with Crippen LogP contribution in [-0.4, -0.2) is 36.6 Å². The van der Waals surface area contributed by atoms with E-state index in [-0.39, 0.29) is 29.8 Å². The van der Waals surface area contributed by atoms with E-state index < -0.39 is 17.5 Å². The Morgan fingerprint density at radius 3 is 2.27 bits per heavy atom. The molecule has 0 unspecified atom stereocenters. The van der Waals surface area contributed by atoms with Crippen molar-refractivity contribution >= 4 is 29.7 Å². The molecule has 0 heterocycles. The van der Waals surface area contributed by atoms with Crippen LogP contribution in [0.5, 0.6) is 11.5 Å². The number of nitrogens with one attached hydrogen (secondary N) is 2. The summed E-state index contributed by atoms with van der Waals surface area (Å²) in [6.45, 7) is 12.8. The van der Waals surface area contributed by atoms with Crippen LogP contribution in [0.15, 0.2) is 49.1 Å². The molecule has 33 heavy (non-hydrogen) atoms. The molecular formula is C25H30N2O6. The Kier molecular flexibility index (Phi) is 8.62. The smallest absolute Gasteiger partial charge is 0.338 e. The molecule has 176 valence electrons. The monoisotopic (exact) mass is 454 g/mol. The Labute approximate surface area is 193 Å². The van der Waals surface area contributed by atoms with Crippen molar-refractivity contribution in [3.63, 3.8) is 0 Å². The molecule has 0 saturated carbocycles. The molecule has 8 nitrogen and oxygen atoms in total. The third-order valence-electron chi connectivity index (χ3n) is 4.05. The number of rotatable bonds is 10. The van der Waals surface area contributed by atoms with Gasteiger partial charge in [0.25, 0.3) is 5.91 Å². The van der Waals surface area contributed by atoms with Crippen molar-refractivity contribution in [1.82, 2.24) is 0 Å². The summed E-state index contributed by atoms with van der Waals surface area (Å²) in [6.07, 6.45) is 1.82. The molecule has 0 fully saturated rings. The highest BCUT2D eigenvalue weighted by atomic mass is 16.6. The van der Waals surface area contributed by atoms with Gasteiger partial charge in [-0.15, -0.1) is 0 Å². The summed E-state index contributed by atoms with van der Waals surface area (Å²) in [5.74, 6) is -0.482. The van der Waals surface area contributed by atoms with E-state index >= 15 is 0 Å².